The second kappa shape index (κ2) is 5.30. The molecule has 1 unspecified atom stereocenters. The molecule has 3 nitrogen and oxygen atoms in total. The van der Waals surface area contributed by atoms with Crippen LogP contribution in [0.25, 0.3) is 10.9 Å². The maximum absolute atomic E-state index is 13.6. The van der Waals surface area contributed by atoms with Crippen LogP contribution >= 0.6 is 0 Å². The number of rotatable bonds is 1. The lowest BCUT2D eigenvalue weighted by Gasteiger charge is -2.33. The lowest BCUT2D eigenvalue weighted by molar-refractivity contribution is -0.184. The Morgan fingerprint density at radius 3 is 2.77 bits per heavy atom. The molecule has 7 heteroatoms. The first-order valence-corrected chi connectivity index (χ1v) is 6.99. The molecular formula is C15H14F4N2O. The van der Waals surface area contributed by atoms with E-state index in [2.05, 4.69) is 4.98 Å². The Balaban J connectivity index is 1.84. The number of alkyl halides is 3. The average Bonchev–Trinajstić information content (AvgIpc) is 2.91. The molecule has 118 valence electrons. The molecule has 1 aromatic carbocycles. The number of nitrogens with zero attached hydrogens (tertiary/aromatic N) is 1. The van der Waals surface area contributed by atoms with Gasteiger partial charge < -0.3 is 9.88 Å². The van der Waals surface area contributed by atoms with Gasteiger partial charge in [0.25, 0.3) is 5.91 Å². The van der Waals surface area contributed by atoms with Gasteiger partial charge in [0.1, 0.15) is 11.5 Å². The summed E-state index contributed by atoms with van der Waals surface area (Å²) in [6.45, 7) is -0.0660. The molecule has 3 rings (SSSR count). The van der Waals surface area contributed by atoms with E-state index in [4.69, 9.17) is 0 Å². The van der Waals surface area contributed by atoms with Crippen molar-refractivity contribution in [3.63, 3.8) is 0 Å². The molecule has 0 radical (unpaired) electrons. The van der Waals surface area contributed by atoms with Crippen LogP contribution < -0.4 is 0 Å². The van der Waals surface area contributed by atoms with Gasteiger partial charge in [-0.1, -0.05) is 6.07 Å². The summed E-state index contributed by atoms with van der Waals surface area (Å²) in [5, 5.41) is 0.259. The van der Waals surface area contributed by atoms with E-state index in [1.807, 2.05) is 0 Å². The standard InChI is InChI=1S/C15H14F4N2O/c16-11-4-1-5-12-10(11)7-13(20-12)14(22)21-6-2-3-9(8-21)15(17,18)19/h1,4-5,7,9,20H,2-3,6,8H2. The molecule has 2 heterocycles. The highest BCUT2D eigenvalue weighted by atomic mass is 19.4. The molecule has 22 heavy (non-hydrogen) atoms. The first-order valence-electron chi connectivity index (χ1n) is 6.99. The summed E-state index contributed by atoms with van der Waals surface area (Å²) in [6.07, 6.45) is -3.95. The Bertz CT molecular complexity index is 707. The maximum atomic E-state index is 13.6. The number of halogens is 4. The van der Waals surface area contributed by atoms with Crippen molar-refractivity contribution in [1.82, 2.24) is 9.88 Å². The van der Waals surface area contributed by atoms with E-state index in [1.165, 1.54) is 23.1 Å². The molecule has 1 aliphatic heterocycles. The number of aromatic nitrogens is 1. The molecule has 1 aliphatic rings. The Hall–Kier alpha value is -2.05. The predicted molar refractivity (Wildman–Crippen MR) is 72.9 cm³/mol. The number of carbonyl (C=O) groups is 1. The quantitative estimate of drug-likeness (QED) is 0.800. The zero-order valence-corrected chi connectivity index (χ0v) is 11.6. The summed E-state index contributed by atoms with van der Waals surface area (Å²) in [7, 11) is 0. The molecule has 2 aromatic rings. The number of nitrogens with one attached hydrogen (secondary N) is 1. The van der Waals surface area contributed by atoms with Crippen LogP contribution in [0, 0.1) is 11.7 Å². The van der Waals surface area contributed by atoms with Gasteiger partial charge in [-0.25, -0.2) is 4.39 Å². The molecular weight excluding hydrogens is 300 g/mol. The van der Waals surface area contributed by atoms with E-state index in [0.29, 0.717) is 11.9 Å². The van der Waals surface area contributed by atoms with Crippen LogP contribution in [0.4, 0.5) is 17.6 Å². The summed E-state index contributed by atoms with van der Waals surface area (Å²) in [5.74, 6) is -2.49. The van der Waals surface area contributed by atoms with Crippen molar-refractivity contribution in [2.24, 2.45) is 5.92 Å². The summed E-state index contributed by atoms with van der Waals surface area (Å²) >= 11 is 0. The molecule has 0 saturated carbocycles. The zero-order valence-electron chi connectivity index (χ0n) is 11.6. The van der Waals surface area contributed by atoms with Crippen molar-refractivity contribution in [2.75, 3.05) is 13.1 Å². The lowest BCUT2D eigenvalue weighted by Crippen LogP contribution is -2.44. The predicted octanol–water partition coefficient (Wildman–Crippen LogP) is 3.72. The zero-order chi connectivity index (χ0) is 15.9. The van der Waals surface area contributed by atoms with Crippen LogP contribution in [-0.2, 0) is 0 Å². The number of hydrogen-bond acceptors (Lipinski definition) is 1. The fourth-order valence-corrected chi connectivity index (χ4v) is 2.83. The highest BCUT2D eigenvalue weighted by Gasteiger charge is 2.42. The summed E-state index contributed by atoms with van der Waals surface area (Å²) in [6, 6.07) is 5.74. The van der Waals surface area contributed by atoms with Crippen molar-refractivity contribution < 1.29 is 22.4 Å². The number of likely N-dealkylation sites (tertiary alicyclic amines) is 1. The Morgan fingerprint density at radius 1 is 1.32 bits per heavy atom. The fraction of sp³-hybridized carbons (Fsp3) is 0.400. The maximum Gasteiger partial charge on any atom is 0.393 e. The topological polar surface area (TPSA) is 36.1 Å². The fourth-order valence-electron chi connectivity index (χ4n) is 2.83. The third-order valence-corrected chi connectivity index (χ3v) is 4.01. The first kappa shape index (κ1) is 14.9. The van der Waals surface area contributed by atoms with Crippen LogP contribution in [0.5, 0.6) is 0 Å². The van der Waals surface area contributed by atoms with E-state index in [9.17, 15) is 22.4 Å². The number of fused-ring (bicyclic) bond motifs is 1. The van der Waals surface area contributed by atoms with Gasteiger partial charge in [-0.05, 0) is 31.0 Å². The van der Waals surface area contributed by atoms with Crippen molar-refractivity contribution in [1.29, 1.82) is 0 Å². The Labute approximate surface area is 123 Å². The average molecular weight is 314 g/mol. The summed E-state index contributed by atoms with van der Waals surface area (Å²) < 4.78 is 52.0. The van der Waals surface area contributed by atoms with Crippen molar-refractivity contribution in [2.45, 2.75) is 19.0 Å². The van der Waals surface area contributed by atoms with Crippen LogP contribution in [0.1, 0.15) is 23.3 Å². The van der Waals surface area contributed by atoms with E-state index < -0.39 is 23.8 Å². The van der Waals surface area contributed by atoms with Gasteiger partial charge in [-0.3, -0.25) is 4.79 Å². The Morgan fingerprint density at radius 2 is 2.09 bits per heavy atom. The second-order valence-corrected chi connectivity index (χ2v) is 5.52. The highest BCUT2D eigenvalue weighted by Crippen LogP contribution is 2.33. The number of H-pyrrole nitrogens is 1. The molecule has 0 aliphatic carbocycles. The van der Waals surface area contributed by atoms with Gasteiger partial charge in [-0.2, -0.15) is 13.2 Å². The smallest absolute Gasteiger partial charge is 0.350 e. The van der Waals surface area contributed by atoms with E-state index in [1.54, 1.807) is 6.07 Å². The molecule has 1 atom stereocenters. The minimum atomic E-state index is -4.30. The first-order chi connectivity index (χ1) is 10.4. The number of carbonyl (C=O) groups excluding carboxylic acids is 1. The molecule has 0 bridgehead atoms. The molecule has 1 fully saturated rings. The highest BCUT2D eigenvalue weighted by molar-refractivity contribution is 5.98. The molecule has 1 saturated heterocycles. The van der Waals surface area contributed by atoms with E-state index in [-0.39, 0.29) is 30.6 Å². The number of piperidine rings is 1. The number of amides is 1. The minimum Gasteiger partial charge on any atom is -0.350 e. The summed E-state index contributed by atoms with van der Waals surface area (Å²) in [5.41, 5.74) is 0.565. The van der Waals surface area contributed by atoms with Crippen LogP contribution in [0.2, 0.25) is 0 Å². The monoisotopic (exact) mass is 314 g/mol. The third-order valence-electron chi connectivity index (χ3n) is 4.01. The van der Waals surface area contributed by atoms with Gasteiger partial charge in [-0.15, -0.1) is 0 Å². The Kier molecular flexibility index (Phi) is 3.58. The van der Waals surface area contributed by atoms with Gasteiger partial charge in [0.15, 0.2) is 0 Å². The van der Waals surface area contributed by atoms with Crippen LogP contribution in [0.15, 0.2) is 24.3 Å². The number of hydrogen-bond donors (Lipinski definition) is 1. The lowest BCUT2D eigenvalue weighted by atomic mass is 9.97. The van der Waals surface area contributed by atoms with Crippen molar-refractivity contribution >= 4 is 16.8 Å². The molecule has 0 spiro atoms. The molecule has 1 aromatic heterocycles. The second-order valence-electron chi connectivity index (χ2n) is 5.52. The summed E-state index contributed by atoms with van der Waals surface area (Å²) in [4.78, 5) is 16.3. The minimum absolute atomic E-state index is 0.0363. The largest absolute Gasteiger partial charge is 0.393 e. The van der Waals surface area contributed by atoms with E-state index in [0.717, 1.165) is 0 Å². The van der Waals surface area contributed by atoms with Crippen molar-refractivity contribution in [3.8, 4) is 0 Å². The third kappa shape index (κ3) is 2.67. The normalized spacial score (nSPS) is 19.6. The van der Waals surface area contributed by atoms with Crippen molar-refractivity contribution in [3.05, 3.63) is 35.8 Å². The van der Waals surface area contributed by atoms with Gasteiger partial charge in [0, 0.05) is 24.0 Å². The molecule has 1 N–H and O–H groups in total. The van der Waals surface area contributed by atoms with Gasteiger partial charge in [0.2, 0.25) is 0 Å². The van der Waals surface area contributed by atoms with Gasteiger partial charge >= 0.3 is 6.18 Å². The van der Waals surface area contributed by atoms with E-state index >= 15 is 0 Å². The number of benzene rings is 1. The SMILES string of the molecule is O=C(c1cc2c(F)cccc2[nH]1)N1CCCC(C(F)(F)F)C1. The van der Waals surface area contributed by atoms with Crippen LogP contribution in [0.3, 0.4) is 0 Å². The number of aromatic amines is 1. The van der Waals surface area contributed by atoms with Gasteiger partial charge in [0.05, 0.1) is 5.92 Å². The van der Waals surface area contributed by atoms with Crippen LogP contribution in [-0.4, -0.2) is 35.1 Å². The molecule has 1 amide bonds.